The van der Waals surface area contributed by atoms with E-state index in [2.05, 4.69) is 0 Å². The second-order valence-corrected chi connectivity index (χ2v) is 7.39. The molecule has 1 amide bonds. The highest BCUT2D eigenvalue weighted by molar-refractivity contribution is 6.30. The van der Waals surface area contributed by atoms with Crippen molar-refractivity contribution in [2.75, 3.05) is 13.7 Å². The third kappa shape index (κ3) is 3.16. The summed E-state index contributed by atoms with van der Waals surface area (Å²) in [5.41, 5.74) is 3.41. The lowest BCUT2D eigenvalue weighted by Gasteiger charge is -2.21. The van der Waals surface area contributed by atoms with Gasteiger partial charge in [0.05, 0.1) is 7.11 Å². The van der Waals surface area contributed by atoms with Gasteiger partial charge in [0.2, 0.25) is 0 Å². The lowest BCUT2D eigenvalue weighted by atomic mass is 10.0. The molecule has 1 unspecified atom stereocenters. The standard InChI is InChI=1S/C22H20ClNO4/c1-13-17-10-7-15(14-5-8-16(23)9-6-14)12-19(17)28-20(13)21(25)24-11-3-4-18(24)22(26)27-2/h5-10,12,18H,3-4,11H2,1-2H3. The van der Waals surface area contributed by atoms with E-state index in [0.29, 0.717) is 23.6 Å². The summed E-state index contributed by atoms with van der Waals surface area (Å²) >= 11 is 5.97. The molecule has 2 aromatic carbocycles. The molecule has 1 saturated heterocycles. The molecule has 0 radical (unpaired) electrons. The Morgan fingerprint density at radius 3 is 2.57 bits per heavy atom. The number of fused-ring (bicyclic) bond motifs is 1. The molecule has 0 N–H and O–H groups in total. The Balaban J connectivity index is 1.70. The molecule has 1 aliphatic rings. The van der Waals surface area contributed by atoms with Crippen LogP contribution in [0, 0.1) is 6.92 Å². The summed E-state index contributed by atoms with van der Waals surface area (Å²) in [7, 11) is 1.34. The number of benzene rings is 2. The first kappa shape index (κ1) is 18.6. The van der Waals surface area contributed by atoms with E-state index in [1.807, 2.05) is 49.4 Å². The van der Waals surface area contributed by atoms with Crippen molar-refractivity contribution in [3.05, 3.63) is 58.8 Å². The first-order valence-corrected chi connectivity index (χ1v) is 9.55. The maximum absolute atomic E-state index is 13.1. The Morgan fingerprint density at radius 1 is 1.14 bits per heavy atom. The number of ether oxygens (including phenoxy) is 1. The Morgan fingerprint density at radius 2 is 1.86 bits per heavy atom. The van der Waals surface area contributed by atoms with Crippen LogP contribution in [0.5, 0.6) is 0 Å². The van der Waals surface area contributed by atoms with Crippen LogP contribution in [0.1, 0.15) is 29.0 Å². The maximum atomic E-state index is 13.1. The number of hydrogen-bond acceptors (Lipinski definition) is 4. The van der Waals surface area contributed by atoms with Crippen LogP contribution in [0.4, 0.5) is 0 Å². The van der Waals surface area contributed by atoms with Crippen LogP contribution in [-0.2, 0) is 9.53 Å². The van der Waals surface area contributed by atoms with Crippen molar-refractivity contribution in [3.8, 4) is 11.1 Å². The van der Waals surface area contributed by atoms with Crippen LogP contribution in [-0.4, -0.2) is 36.5 Å². The highest BCUT2D eigenvalue weighted by atomic mass is 35.5. The summed E-state index contributed by atoms with van der Waals surface area (Å²) in [6.45, 7) is 2.38. The summed E-state index contributed by atoms with van der Waals surface area (Å²) in [5.74, 6) is -0.377. The lowest BCUT2D eigenvalue weighted by Crippen LogP contribution is -2.41. The molecule has 5 nitrogen and oxygen atoms in total. The van der Waals surface area contributed by atoms with Gasteiger partial charge in [-0.05, 0) is 49.1 Å². The highest BCUT2D eigenvalue weighted by Gasteiger charge is 2.37. The summed E-state index contributed by atoms with van der Waals surface area (Å²) in [6, 6.07) is 12.9. The van der Waals surface area contributed by atoms with Crippen LogP contribution < -0.4 is 0 Å². The number of hydrogen-bond donors (Lipinski definition) is 0. The van der Waals surface area contributed by atoms with E-state index in [1.54, 1.807) is 4.90 Å². The Bertz CT molecular complexity index is 1050. The maximum Gasteiger partial charge on any atom is 0.328 e. The summed E-state index contributed by atoms with van der Waals surface area (Å²) in [5, 5.41) is 1.56. The average Bonchev–Trinajstić information content (AvgIpc) is 3.32. The van der Waals surface area contributed by atoms with Gasteiger partial charge in [0, 0.05) is 22.5 Å². The second kappa shape index (κ2) is 7.32. The number of nitrogens with zero attached hydrogens (tertiary/aromatic N) is 1. The molecule has 144 valence electrons. The zero-order valence-corrected chi connectivity index (χ0v) is 16.5. The largest absolute Gasteiger partial charge is 0.467 e. The molecule has 0 spiro atoms. The number of rotatable bonds is 3. The van der Waals surface area contributed by atoms with Crippen molar-refractivity contribution in [1.29, 1.82) is 0 Å². The van der Waals surface area contributed by atoms with E-state index in [4.69, 9.17) is 20.8 Å². The molecule has 1 aliphatic heterocycles. The van der Waals surface area contributed by atoms with Crippen LogP contribution in [0.2, 0.25) is 5.02 Å². The van der Waals surface area contributed by atoms with Crippen molar-refractivity contribution in [1.82, 2.24) is 4.90 Å². The molecule has 0 aliphatic carbocycles. The molecule has 0 bridgehead atoms. The first-order valence-electron chi connectivity index (χ1n) is 9.17. The van der Waals surface area contributed by atoms with Crippen LogP contribution in [0.15, 0.2) is 46.9 Å². The third-order valence-electron chi connectivity index (χ3n) is 5.30. The molecule has 28 heavy (non-hydrogen) atoms. The fourth-order valence-electron chi connectivity index (χ4n) is 3.77. The summed E-state index contributed by atoms with van der Waals surface area (Å²) in [4.78, 5) is 26.6. The molecule has 3 aromatic rings. The number of likely N-dealkylation sites (tertiary alicyclic amines) is 1. The van der Waals surface area contributed by atoms with Gasteiger partial charge in [0.25, 0.3) is 5.91 Å². The smallest absolute Gasteiger partial charge is 0.328 e. The minimum Gasteiger partial charge on any atom is -0.467 e. The predicted molar refractivity (Wildman–Crippen MR) is 107 cm³/mol. The van der Waals surface area contributed by atoms with Gasteiger partial charge in [0.15, 0.2) is 5.76 Å². The molecule has 2 heterocycles. The SMILES string of the molecule is COC(=O)C1CCCN1C(=O)c1oc2cc(-c3ccc(Cl)cc3)ccc2c1C. The fourth-order valence-corrected chi connectivity index (χ4v) is 3.90. The number of furan rings is 1. The van der Waals surface area contributed by atoms with Crippen molar-refractivity contribution < 1.29 is 18.7 Å². The fraction of sp³-hybridized carbons (Fsp3) is 0.273. The van der Waals surface area contributed by atoms with E-state index in [9.17, 15) is 9.59 Å². The quantitative estimate of drug-likeness (QED) is 0.593. The molecular weight excluding hydrogens is 378 g/mol. The van der Waals surface area contributed by atoms with Crippen molar-refractivity contribution in [3.63, 3.8) is 0 Å². The van der Waals surface area contributed by atoms with Crippen LogP contribution >= 0.6 is 11.6 Å². The van der Waals surface area contributed by atoms with Gasteiger partial charge in [0.1, 0.15) is 11.6 Å². The minimum absolute atomic E-state index is 0.269. The first-order chi connectivity index (χ1) is 13.5. The number of aryl methyl sites for hydroxylation is 1. The highest BCUT2D eigenvalue weighted by Crippen LogP contribution is 2.32. The topological polar surface area (TPSA) is 59.8 Å². The van der Waals surface area contributed by atoms with E-state index < -0.39 is 6.04 Å². The molecular formula is C22H20ClNO4. The number of carbonyl (C=O) groups excluding carboxylic acids is 2. The molecule has 0 saturated carbocycles. The van der Waals surface area contributed by atoms with Gasteiger partial charge in [-0.3, -0.25) is 4.79 Å². The Kier molecular flexibility index (Phi) is 4.85. The molecule has 4 rings (SSSR count). The van der Waals surface area contributed by atoms with E-state index >= 15 is 0 Å². The molecule has 6 heteroatoms. The summed E-state index contributed by atoms with van der Waals surface area (Å²) < 4.78 is 10.8. The number of amides is 1. The van der Waals surface area contributed by atoms with Gasteiger partial charge in [-0.15, -0.1) is 0 Å². The van der Waals surface area contributed by atoms with Crippen LogP contribution in [0.25, 0.3) is 22.1 Å². The summed E-state index contributed by atoms with van der Waals surface area (Å²) in [6.07, 6.45) is 1.38. The lowest BCUT2D eigenvalue weighted by molar-refractivity contribution is -0.145. The van der Waals surface area contributed by atoms with Crippen molar-refractivity contribution in [2.24, 2.45) is 0 Å². The molecule has 1 aromatic heterocycles. The zero-order chi connectivity index (χ0) is 19.8. The van der Waals surface area contributed by atoms with E-state index in [1.165, 1.54) is 7.11 Å². The van der Waals surface area contributed by atoms with E-state index in [-0.39, 0.29) is 17.6 Å². The van der Waals surface area contributed by atoms with Crippen molar-refractivity contribution >= 4 is 34.4 Å². The van der Waals surface area contributed by atoms with Gasteiger partial charge in [-0.25, -0.2) is 4.79 Å². The van der Waals surface area contributed by atoms with Gasteiger partial charge < -0.3 is 14.1 Å². The normalized spacial score (nSPS) is 16.5. The molecule has 1 atom stereocenters. The monoisotopic (exact) mass is 397 g/mol. The van der Waals surface area contributed by atoms with E-state index in [0.717, 1.165) is 28.5 Å². The number of halogens is 1. The Labute approximate surface area is 167 Å². The number of carbonyl (C=O) groups is 2. The zero-order valence-electron chi connectivity index (χ0n) is 15.7. The second-order valence-electron chi connectivity index (χ2n) is 6.95. The average molecular weight is 398 g/mol. The third-order valence-corrected chi connectivity index (χ3v) is 5.55. The minimum atomic E-state index is -0.547. The number of methoxy groups -OCH3 is 1. The Hall–Kier alpha value is -2.79. The van der Waals surface area contributed by atoms with Gasteiger partial charge in [-0.2, -0.15) is 0 Å². The predicted octanol–water partition coefficient (Wildman–Crippen LogP) is 4.84. The molecule has 1 fully saturated rings. The van der Waals surface area contributed by atoms with Gasteiger partial charge >= 0.3 is 5.97 Å². The van der Waals surface area contributed by atoms with Gasteiger partial charge in [-0.1, -0.05) is 35.9 Å². The van der Waals surface area contributed by atoms with Crippen molar-refractivity contribution in [2.45, 2.75) is 25.8 Å². The number of esters is 1. The van der Waals surface area contributed by atoms with Crippen LogP contribution in [0.3, 0.4) is 0 Å².